The van der Waals surface area contributed by atoms with Crippen LogP contribution in [-0.2, 0) is 0 Å². The van der Waals surface area contributed by atoms with Crippen molar-refractivity contribution in [2.75, 3.05) is 5.73 Å². The van der Waals surface area contributed by atoms with Crippen LogP contribution in [0.15, 0.2) is 5.38 Å². The van der Waals surface area contributed by atoms with Gasteiger partial charge >= 0.3 is 0 Å². The monoisotopic (exact) mass is 216 g/mol. The van der Waals surface area contributed by atoms with Crippen LogP contribution >= 0.6 is 22.9 Å². The van der Waals surface area contributed by atoms with Crippen LogP contribution < -0.4 is 5.73 Å². The number of aromatic nitrogens is 1. The minimum absolute atomic E-state index is 0.259. The van der Waals surface area contributed by atoms with Gasteiger partial charge in [-0.15, -0.1) is 22.9 Å². The SMILES string of the molecule is Nc1nc(C2CCCCC2Cl)cs1. The van der Waals surface area contributed by atoms with Crippen LogP contribution in [0.5, 0.6) is 0 Å². The second-order valence-electron chi connectivity index (χ2n) is 3.52. The molecule has 0 aliphatic heterocycles. The number of nitrogens with zero attached hydrogens (tertiary/aromatic N) is 1. The van der Waals surface area contributed by atoms with E-state index in [-0.39, 0.29) is 5.38 Å². The zero-order valence-electron chi connectivity index (χ0n) is 7.37. The van der Waals surface area contributed by atoms with Gasteiger partial charge in [0.25, 0.3) is 0 Å². The highest BCUT2D eigenvalue weighted by molar-refractivity contribution is 7.13. The third kappa shape index (κ3) is 1.97. The fraction of sp³-hybridized carbons (Fsp3) is 0.667. The lowest BCUT2D eigenvalue weighted by molar-refractivity contribution is 0.445. The number of thiazole rings is 1. The highest BCUT2D eigenvalue weighted by atomic mass is 35.5. The largest absolute Gasteiger partial charge is 0.375 e. The summed E-state index contributed by atoms with van der Waals surface area (Å²) < 4.78 is 0. The number of halogens is 1. The Morgan fingerprint density at radius 1 is 1.46 bits per heavy atom. The summed E-state index contributed by atoms with van der Waals surface area (Å²) in [6, 6.07) is 0. The number of hydrogen-bond donors (Lipinski definition) is 1. The molecule has 1 heterocycles. The number of nitrogen functional groups attached to an aromatic ring is 1. The quantitative estimate of drug-likeness (QED) is 0.734. The van der Waals surface area contributed by atoms with Crippen LogP contribution in [0.1, 0.15) is 37.3 Å². The molecule has 1 aromatic heterocycles. The number of alkyl halides is 1. The van der Waals surface area contributed by atoms with E-state index in [4.69, 9.17) is 17.3 Å². The molecule has 1 aliphatic carbocycles. The summed E-state index contributed by atoms with van der Waals surface area (Å²) in [5, 5.41) is 2.96. The molecule has 1 saturated carbocycles. The van der Waals surface area contributed by atoms with Gasteiger partial charge in [0.05, 0.1) is 5.69 Å². The first-order valence-corrected chi connectivity index (χ1v) is 5.94. The molecule has 1 aromatic rings. The molecule has 2 atom stereocenters. The Morgan fingerprint density at radius 3 is 2.85 bits per heavy atom. The first-order valence-electron chi connectivity index (χ1n) is 4.62. The molecule has 1 fully saturated rings. The third-order valence-corrected chi connectivity index (χ3v) is 3.82. The second kappa shape index (κ2) is 3.84. The lowest BCUT2D eigenvalue weighted by Crippen LogP contribution is -2.17. The molecule has 2 nitrogen and oxygen atoms in total. The molecule has 0 aromatic carbocycles. The van der Waals surface area contributed by atoms with Gasteiger partial charge in [0.1, 0.15) is 0 Å². The molecule has 0 radical (unpaired) electrons. The molecular formula is C9H13ClN2S. The van der Waals surface area contributed by atoms with E-state index in [0.29, 0.717) is 11.0 Å². The van der Waals surface area contributed by atoms with Gasteiger partial charge in [0.15, 0.2) is 5.13 Å². The first-order chi connectivity index (χ1) is 6.27. The molecular weight excluding hydrogens is 204 g/mol. The summed E-state index contributed by atoms with van der Waals surface area (Å²) in [7, 11) is 0. The molecule has 0 bridgehead atoms. The van der Waals surface area contributed by atoms with Crippen molar-refractivity contribution in [3.63, 3.8) is 0 Å². The Morgan fingerprint density at radius 2 is 2.23 bits per heavy atom. The lowest BCUT2D eigenvalue weighted by atomic mass is 9.87. The van der Waals surface area contributed by atoms with E-state index in [1.807, 2.05) is 5.38 Å². The summed E-state index contributed by atoms with van der Waals surface area (Å²) in [5.41, 5.74) is 6.69. The Bertz CT molecular complexity index is 287. The van der Waals surface area contributed by atoms with Gasteiger partial charge < -0.3 is 5.73 Å². The Hall–Kier alpha value is -0.280. The molecule has 2 unspecified atom stereocenters. The van der Waals surface area contributed by atoms with E-state index >= 15 is 0 Å². The van der Waals surface area contributed by atoms with Crippen LogP contribution in [-0.4, -0.2) is 10.4 Å². The van der Waals surface area contributed by atoms with Crippen LogP contribution in [0.25, 0.3) is 0 Å². The number of hydrogen-bond acceptors (Lipinski definition) is 3. The fourth-order valence-corrected chi connectivity index (χ4v) is 2.93. The van der Waals surface area contributed by atoms with Crippen LogP contribution in [0.2, 0.25) is 0 Å². The van der Waals surface area contributed by atoms with E-state index in [1.165, 1.54) is 24.2 Å². The Balaban J connectivity index is 2.14. The van der Waals surface area contributed by atoms with Gasteiger partial charge in [-0.3, -0.25) is 0 Å². The molecule has 2 N–H and O–H groups in total. The second-order valence-corrected chi connectivity index (χ2v) is 4.97. The van der Waals surface area contributed by atoms with Gasteiger partial charge in [-0.2, -0.15) is 0 Å². The van der Waals surface area contributed by atoms with Crippen molar-refractivity contribution in [2.45, 2.75) is 37.0 Å². The summed E-state index contributed by atoms with van der Waals surface area (Å²) in [4.78, 5) is 4.30. The molecule has 4 heteroatoms. The van der Waals surface area contributed by atoms with Crippen molar-refractivity contribution < 1.29 is 0 Å². The minimum atomic E-state index is 0.259. The Kier molecular flexibility index (Phi) is 2.74. The van der Waals surface area contributed by atoms with Crippen LogP contribution in [0, 0.1) is 0 Å². The number of rotatable bonds is 1. The maximum absolute atomic E-state index is 6.25. The van der Waals surface area contributed by atoms with Crippen molar-refractivity contribution in [3.05, 3.63) is 11.1 Å². The minimum Gasteiger partial charge on any atom is -0.375 e. The zero-order chi connectivity index (χ0) is 9.26. The average Bonchev–Trinajstić information content (AvgIpc) is 2.53. The average molecular weight is 217 g/mol. The molecule has 1 aliphatic rings. The maximum atomic E-state index is 6.25. The normalized spacial score (nSPS) is 29.0. The van der Waals surface area contributed by atoms with Gasteiger partial charge in [-0.05, 0) is 12.8 Å². The van der Waals surface area contributed by atoms with Crippen molar-refractivity contribution in [2.24, 2.45) is 0 Å². The fourth-order valence-electron chi connectivity index (χ4n) is 1.89. The summed E-state index contributed by atoms with van der Waals surface area (Å²) in [6.07, 6.45) is 4.80. The van der Waals surface area contributed by atoms with Gasteiger partial charge in [0.2, 0.25) is 0 Å². The van der Waals surface area contributed by atoms with Crippen LogP contribution in [0.4, 0.5) is 5.13 Å². The number of nitrogens with two attached hydrogens (primary N) is 1. The molecule has 13 heavy (non-hydrogen) atoms. The third-order valence-electron chi connectivity index (χ3n) is 2.60. The zero-order valence-corrected chi connectivity index (χ0v) is 8.94. The highest BCUT2D eigenvalue weighted by Gasteiger charge is 2.26. The molecule has 2 rings (SSSR count). The standard InChI is InChI=1S/C9H13ClN2S/c10-7-4-2-1-3-6(7)8-5-13-9(11)12-8/h5-7H,1-4H2,(H2,11,12). The van der Waals surface area contributed by atoms with Crippen molar-refractivity contribution in [1.82, 2.24) is 4.98 Å². The molecule has 0 amide bonds. The van der Waals surface area contributed by atoms with E-state index in [0.717, 1.165) is 18.5 Å². The van der Waals surface area contributed by atoms with E-state index in [9.17, 15) is 0 Å². The number of anilines is 1. The van der Waals surface area contributed by atoms with Crippen molar-refractivity contribution in [3.8, 4) is 0 Å². The topological polar surface area (TPSA) is 38.9 Å². The predicted octanol–water partition coefficient (Wildman–Crippen LogP) is 2.99. The molecule has 72 valence electrons. The van der Waals surface area contributed by atoms with Crippen molar-refractivity contribution in [1.29, 1.82) is 0 Å². The molecule has 0 spiro atoms. The van der Waals surface area contributed by atoms with Gasteiger partial charge in [0, 0.05) is 16.7 Å². The molecule has 0 saturated heterocycles. The van der Waals surface area contributed by atoms with Crippen molar-refractivity contribution >= 4 is 28.1 Å². The predicted molar refractivity (Wildman–Crippen MR) is 57.4 cm³/mol. The maximum Gasteiger partial charge on any atom is 0.180 e. The summed E-state index contributed by atoms with van der Waals surface area (Å²) >= 11 is 7.76. The van der Waals surface area contributed by atoms with E-state index < -0.39 is 0 Å². The van der Waals surface area contributed by atoms with Gasteiger partial charge in [-0.1, -0.05) is 12.8 Å². The highest BCUT2D eigenvalue weighted by Crippen LogP contribution is 2.36. The van der Waals surface area contributed by atoms with Gasteiger partial charge in [-0.25, -0.2) is 4.98 Å². The summed E-state index contributed by atoms with van der Waals surface area (Å²) in [6.45, 7) is 0. The first kappa shape index (κ1) is 9.28. The van der Waals surface area contributed by atoms with Crippen LogP contribution in [0.3, 0.4) is 0 Å². The van der Waals surface area contributed by atoms with E-state index in [2.05, 4.69) is 4.98 Å². The smallest absolute Gasteiger partial charge is 0.180 e. The van der Waals surface area contributed by atoms with E-state index in [1.54, 1.807) is 0 Å². The Labute approximate surface area is 87.1 Å². The summed E-state index contributed by atoms with van der Waals surface area (Å²) in [5.74, 6) is 0.434. The lowest BCUT2D eigenvalue weighted by Gasteiger charge is -2.25.